The quantitative estimate of drug-likeness (QED) is 0.0758. The van der Waals surface area contributed by atoms with Crippen molar-refractivity contribution >= 4 is 40.4 Å². The van der Waals surface area contributed by atoms with E-state index in [9.17, 15) is 19.8 Å². The average Bonchev–Trinajstić information content (AvgIpc) is 3.53. The zero-order chi connectivity index (χ0) is 32.7. The van der Waals surface area contributed by atoms with E-state index in [1.165, 1.54) is 31.0 Å². The van der Waals surface area contributed by atoms with Gasteiger partial charge in [-0.3, -0.25) is 9.59 Å². The van der Waals surface area contributed by atoms with Crippen molar-refractivity contribution in [2.75, 3.05) is 34.8 Å². The average molecular weight is 632 g/mol. The summed E-state index contributed by atoms with van der Waals surface area (Å²) in [5.74, 6) is 3.37. The van der Waals surface area contributed by atoms with Crippen LogP contribution in [0.15, 0.2) is 74.2 Å². The van der Waals surface area contributed by atoms with Crippen LogP contribution in [-0.2, 0) is 4.79 Å². The third kappa shape index (κ3) is 8.39. The number of thioether (sulfide) groups is 1. The summed E-state index contributed by atoms with van der Waals surface area (Å²) in [5, 5.41) is 25.1. The number of carbonyl (C=O) groups is 1. The number of rotatable bonds is 11. The van der Waals surface area contributed by atoms with Crippen molar-refractivity contribution in [3.05, 3.63) is 87.1 Å². The van der Waals surface area contributed by atoms with Crippen molar-refractivity contribution in [2.24, 2.45) is 10.9 Å². The van der Waals surface area contributed by atoms with E-state index in [2.05, 4.69) is 21.8 Å². The number of phenols is 2. The van der Waals surface area contributed by atoms with E-state index >= 15 is 0 Å². The van der Waals surface area contributed by atoms with Crippen LogP contribution in [-0.4, -0.2) is 46.3 Å². The smallest absolute Gasteiger partial charge is 0.200 e. The van der Waals surface area contributed by atoms with Crippen molar-refractivity contribution in [3.63, 3.8) is 0 Å². The Labute approximate surface area is 270 Å². The fraction of sp³-hybridized carbons (Fsp3) is 0.417. The minimum absolute atomic E-state index is 0.0683. The molecule has 0 amide bonds. The molecule has 1 aliphatic carbocycles. The molecule has 1 saturated heterocycles. The summed E-state index contributed by atoms with van der Waals surface area (Å²) in [6.45, 7) is 14.4. The van der Waals surface area contributed by atoms with Gasteiger partial charge in [-0.15, -0.1) is 0 Å². The van der Waals surface area contributed by atoms with Gasteiger partial charge in [-0.25, -0.2) is 4.99 Å². The molecule has 2 aromatic rings. The highest BCUT2D eigenvalue weighted by Gasteiger charge is 2.22. The van der Waals surface area contributed by atoms with Gasteiger partial charge in [0.2, 0.25) is 0 Å². The zero-order valence-corrected chi connectivity index (χ0v) is 27.9. The fourth-order valence-corrected chi connectivity index (χ4v) is 6.81. The number of carbonyl (C=O) groups excluding carboxylic acids is 1. The number of ketones is 1. The van der Waals surface area contributed by atoms with Gasteiger partial charge in [0, 0.05) is 59.1 Å². The van der Waals surface area contributed by atoms with E-state index in [-0.39, 0.29) is 34.2 Å². The monoisotopic (exact) mass is 631 g/mol. The molecule has 0 spiro atoms. The molecule has 0 radical (unpaired) electrons. The first-order valence-electron chi connectivity index (χ1n) is 15.6. The second-order valence-corrected chi connectivity index (χ2v) is 12.9. The molecule has 2 fully saturated rings. The number of nitrogens with zero attached hydrogens (tertiary/aromatic N) is 2. The Morgan fingerprint density at radius 3 is 2.42 bits per heavy atom. The number of Topliss-reactive ketones (excluding diaryl/α,β-unsaturated/α-hetero) is 1. The largest absolute Gasteiger partial charge is 0.507 e. The first-order valence-corrected chi connectivity index (χ1v) is 16.8. The lowest BCUT2D eigenvalue weighted by atomic mass is 9.93. The first-order chi connectivity index (χ1) is 21.5. The first kappa shape index (κ1) is 33.9. The minimum atomic E-state index is -0.153. The van der Waals surface area contributed by atoms with Crippen LogP contribution < -0.4 is 15.6 Å². The fourth-order valence-electron chi connectivity index (χ4n) is 5.91. The van der Waals surface area contributed by atoms with Gasteiger partial charge in [-0.1, -0.05) is 44.4 Å². The number of hydrogen-bond donors (Lipinski definition) is 3. The molecule has 2 heterocycles. The predicted molar refractivity (Wildman–Crippen MR) is 187 cm³/mol. The second-order valence-electron chi connectivity index (χ2n) is 11.7. The Bertz CT molecular complexity index is 1620. The Morgan fingerprint density at radius 2 is 1.80 bits per heavy atom. The molecular weight excluding hydrogens is 586 g/mol. The summed E-state index contributed by atoms with van der Waals surface area (Å²) < 4.78 is 6.26. The Balaban J connectivity index is 1.56. The van der Waals surface area contributed by atoms with E-state index in [0.717, 1.165) is 55.0 Å². The van der Waals surface area contributed by atoms with Gasteiger partial charge in [0.15, 0.2) is 17.1 Å². The highest BCUT2D eigenvalue weighted by Crippen LogP contribution is 2.39. The lowest BCUT2D eigenvalue weighted by Gasteiger charge is -2.27. The van der Waals surface area contributed by atoms with Gasteiger partial charge in [0.1, 0.15) is 23.1 Å². The zero-order valence-electron chi connectivity index (χ0n) is 27.0. The topological polar surface area (TPSA) is 115 Å². The highest BCUT2D eigenvalue weighted by atomic mass is 32.2. The number of anilines is 2. The second kappa shape index (κ2) is 15.3. The van der Waals surface area contributed by atoms with Gasteiger partial charge in [0.25, 0.3) is 0 Å². The molecule has 2 aliphatic rings. The molecule has 3 N–H and O–H groups in total. The van der Waals surface area contributed by atoms with Crippen LogP contribution in [0.3, 0.4) is 0 Å². The van der Waals surface area contributed by atoms with Crippen molar-refractivity contribution in [3.8, 4) is 11.5 Å². The van der Waals surface area contributed by atoms with Gasteiger partial charge in [-0.05, 0) is 70.2 Å². The molecule has 240 valence electrons. The molecule has 1 aliphatic heterocycles. The summed E-state index contributed by atoms with van der Waals surface area (Å²) in [5.41, 5.74) is 3.58. The van der Waals surface area contributed by atoms with E-state index in [4.69, 9.17) is 4.42 Å². The molecule has 1 aromatic heterocycles. The van der Waals surface area contributed by atoms with Crippen LogP contribution in [0.1, 0.15) is 76.7 Å². The predicted octanol–water partition coefficient (Wildman–Crippen LogP) is 7.75. The van der Waals surface area contributed by atoms with Crippen molar-refractivity contribution in [1.82, 2.24) is 0 Å². The SMILES string of the molecule is C=C(\N=C(C)/C(=C\C)/C=C(\CC1CCCC1)C(C)=O)Nc1cc(O)c(/C(=C/C)c2oc(N3CCSCC3)cc(=O)c2C)cc1O. The Kier molecular flexibility index (Phi) is 11.6. The number of hydrogen-bond acceptors (Lipinski definition) is 9. The van der Waals surface area contributed by atoms with Crippen LogP contribution >= 0.6 is 11.8 Å². The van der Waals surface area contributed by atoms with Crippen LogP contribution in [0.25, 0.3) is 5.57 Å². The van der Waals surface area contributed by atoms with Crippen molar-refractivity contribution in [2.45, 2.75) is 66.7 Å². The van der Waals surface area contributed by atoms with E-state index in [0.29, 0.717) is 40.0 Å². The molecule has 0 atom stereocenters. The summed E-state index contributed by atoms with van der Waals surface area (Å²) in [4.78, 5) is 32.0. The summed E-state index contributed by atoms with van der Waals surface area (Å²) in [6, 6.07) is 4.35. The lowest BCUT2D eigenvalue weighted by molar-refractivity contribution is -0.113. The van der Waals surface area contributed by atoms with Crippen molar-refractivity contribution in [1.29, 1.82) is 0 Å². The number of aromatic hydroxyl groups is 2. The maximum atomic E-state index is 12.9. The molecule has 0 unspecified atom stereocenters. The van der Waals surface area contributed by atoms with E-state index < -0.39 is 0 Å². The third-order valence-corrected chi connectivity index (χ3v) is 9.45. The molecule has 8 nitrogen and oxygen atoms in total. The highest BCUT2D eigenvalue weighted by molar-refractivity contribution is 7.99. The summed E-state index contributed by atoms with van der Waals surface area (Å²) in [6.07, 6.45) is 11.1. The van der Waals surface area contributed by atoms with E-state index in [1.807, 2.05) is 37.8 Å². The molecule has 9 heteroatoms. The van der Waals surface area contributed by atoms with Gasteiger partial charge in [-0.2, -0.15) is 11.8 Å². The number of nitrogens with one attached hydrogen (secondary N) is 1. The molecule has 1 aromatic carbocycles. The summed E-state index contributed by atoms with van der Waals surface area (Å²) >= 11 is 1.86. The number of benzene rings is 1. The van der Waals surface area contributed by atoms with E-state index in [1.54, 1.807) is 26.8 Å². The number of phenolic OH excluding ortho intramolecular Hbond substituents is 2. The Hall–Kier alpha value is -3.98. The normalized spacial score (nSPS) is 17.1. The number of aliphatic imine (C=N–C) groups is 1. The maximum absolute atomic E-state index is 12.9. The molecule has 45 heavy (non-hydrogen) atoms. The molecule has 4 rings (SSSR count). The summed E-state index contributed by atoms with van der Waals surface area (Å²) in [7, 11) is 0. The third-order valence-electron chi connectivity index (χ3n) is 8.51. The Morgan fingerprint density at radius 1 is 1.11 bits per heavy atom. The lowest BCUT2D eigenvalue weighted by Crippen LogP contribution is -2.33. The molecule has 0 bridgehead atoms. The van der Waals surface area contributed by atoms with Gasteiger partial charge in [0.05, 0.1) is 5.69 Å². The van der Waals surface area contributed by atoms with Crippen LogP contribution in [0.5, 0.6) is 11.5 Å². The van der Waals surface area contributed by atoms with Gasteiger partial charge < -0.3 is 24.8 Å². The number of allylic oxidation sites excluding steroid dienone is 5. The maximum Gasteiger partial charge on any atom is 0.200 e. The molecule has 1 saturated carbocycles. The standard InChI is InChI=1S/C36H45N3O5S/c1-7-27(18-28(24(5)40)17-26-11-9-10-12-26)23(4)37-25(6)38-31-20-33(42)30(19-34(31)43)29(8-2)36-22(3)32(41)21-35(44-36)39-13-15-45-16-14-39/h7-8,18-21,26,38,42-43H,6,9-17H2,1-5H3/b27-7-,28-18+,29-8-,37-23-. The molecular formula is C36H45N3O5S. The van der Waals surface area contributed by atoms with Crippen molar-refractivity contribution < 1.29 is 19.4 Å². The minimum Gasteiger partial charge on any atom is -0.507 e. The van der Waals surface area contributed by atoms with Crippen LogP contribution in [0, 0.1) is 12.8 Å². The van der Waals surface area contributed by atoms with Crippen LogP contribution in [0.2, 0.25) is 0 Å². The van der Waals surface area contributed by atoms with Gasteiger partial charge >= 0.3 is 0 Å². The van der Waals surface area contributed by atoms with Crippen LogP contribution in [0.4, 0.5) is 11.6 Å².